The Labute approximate surface area is 151 Å². The van der Waals surface area contributed by atoms with E-state index in [-0.39, 0.29) is 4.90 Å². The second kappa shape index (κ2) is 7.02. The van der Waals surface area contributed by atoms with Gasteiger partial charge in [-0.1, -0.05) is 0 Å². The van der Waals surface area contributed by atoms with Crippen molar-refractivity contribution < 1.29 is 17.9 Å². The summed E-state index contributed by atoms with van der Waals surface area (Å²) in [5.41, 5.74) is 1.65. The Morgan fingerprint density at radius 2 is 1.92 bits per heavy atom. The van der Waals surface area contributed by atoms with E-state index >= 15 is 0 Å². The van der Waals surface area contributed by atoms with Crippen LogP contribution in [-0.2, 0) is 21.2 Å². The molecule has 6 nitrogen and oxygen atoms in total. The van der Waals surface area contributed by atoms with Crippen LogP contribution in [0.2, 0.25) is 0 Å². The minimum absolute atomic E-state index is 0.0890. The largest absolute Gasteiger partial charge is 0.497 e. The number of hydrogen-bond donors (Lipinski definition) is 0. The normalized spacial score (nSPS) is 11.2. The first kappa shape index (κ1) is 17.7. The quantitative estimate of drug-likeness (QED) is 0.624. The van der Waals surface area contributed by atoms with Crippen LogP contribution in [0.3, 0.4) is 0 Å². The Bertz CT molecular complexity index is 1110. The van der Waals surface area contributed by atoms with Crippen molar-refractivity contribution >= 4 is 27.2 Å². The monoisotopic (exact) mass is 368 g/mol. The Balaban J connectivity index is 2.19. The molecule has 0 fully saturated rings. The van der Waals surface area contributed by atoms with Crippen LogP contribution in [0.1, 0.15) is 17.5 Å². The highest BCUT2D eigenvalue weighted by molar-refractivity contribution is 7.90. The Morgan fingerprint density at radius 1 is 1.19 bits per heavy atom. The van der Waals surface area contributed by atoms with E-state index in [1.807, 2.05) is 6.07 Å². The maximum absolute atomic E-state index is 13.1. The smallest absolute Gasteiger partial charge is 0.268 e. The van der Waals surface area contributed by atoms with Gasteiger partial charge in [-0.25, -0.2) is 12.4 Å². The summed E-state index contributed by atoms with van der Waals surface area (Å²) in [5.74, 6) is 0.610. The number of rotatable bonds is 6. The first-order valence-corrected chi connectivity index (χ1v) is 9.32. The molecule has 0 saturated carbocycles. The lowest BCUT2D eigenvalue weighted by molar-refractivity contribution is -0.107. The second-order valence-corrected chi connectivity index (χ2v) is 7.49. The average molecular weight is 368 g/mol. The molecule has 0 saturated heterocycles. The number of ether oxygens (including phenoxy) is 1. The fourth-order valence-electron chi connectivity index (χ4n) is 2.80. The van der Waals surface area contributed by atoms with Crippen LogP contribution in [0.15, 0.2) is 53.6 Å². The maximum Gasteiger partial charge on any atom is 0.268 e. The van der Waals surface area contributed by atoms with Gasteiger partial charge in [0.2, 0.25) is 0 Å². The average Bonchev–Trinajstić information content (AvgIpc) is 3.04. The van der Waals surface area contributed by atoms with E-state index in [4.69, 9.17) is 10.00 Å². The van der Waals surface area contributed by atoms with Crippen LogP contribution in [0.5, 0.6) is 5.75 Å². The molecular weight excluding hydrogens is 352 g/mol. The topological polar surface area (TPSA) is 89.2 Å². The number of nitrogens with zero attached hydrogens (tertiary/aromatic N) is 2. The molecule has 7 heteroatoms. The number of methoxy groups -OCH3 is 1. The van der Waals surface area contributed by atoms with E-state index in [2.05, 4.69) is 0 Å². The molecule has 3 aromatic rings. The Kier molecular flexibility index (Phi) is 4.78. The second-order valence-electron chi connectivity index (χ2n) is 5.68. The molecular formula is C19H16N2O4S. The summed E-state index contributed by atoms with van der Waals surface area (Å²) in [4.78, 5) is 10.8. The zero-order valence-corrected chi connectivity index (χ0v) is 14.9. The summed E-state index contributed by atoms with van der Waals surface area (Å²) in [5, 5.41) is 9.61. The lowest BCUT2D eigenvalue weighted by Gasteiger charge is -2.08. The lowest BCUT2D eigenvalue weighted by atomic mass is 10.1. The third kappa shape index (κ3) is 3.07. The van der Waals surface area contributed by atoms with E-state index in [0.29, 0.717) is 29.7 Å². The molecule has 3 rings (SSSR count). The molecule has 0 atom stereocenters. The predicted molar refractivity (Wildman–Crippen MR) is 96.6 cm³/mol. The van der Waals surface area contributed by atoms with Gasteiger partial charge in [0.25, 0.3) is 10.0 Å². The number of carbonyl (C=O) groups excluding carboxylic acids is 1. The van der Waals surface area contributed by atoms with Gasteiger partial charge >= 0.3 is 0 Å². The van der Waals surface area contributed by atoms with Gasteiger partial charge in [0.1, 0.15) is 12.0 Å². The maximum atomic E-state index is 13.1. The molecule has 0 bridgehead atoms. The van der Waals surface area contributed by atoms with Crippen molar-refractivity contribution in [1.82, 2.24) is 3.97 Å². The molecule has 2 aromatic carbocycles. The van der Waals surface area contributed by atoms with Crippen LogP contribution < -0.4 is 4.74 Å². The van der Waals surface area contributed by atoms with Crippen molar-refractivity contribution in [3.05, 3.63) is 59.8 Å². The fourth-order valence-corrected chi connectivity index (χ4v) is 4.19. The van der Waals surface area contributed by atoms with Crippen LogP contribution in [0, 0.1) is 11.3 Å². The van der Waals surface area contributed by atoms with E-state index in [0.717, 1.165) is 17.2 Å². The molecule has 132 valence electrons. The van der Waals surface area contributed by atoms with Gasteiger partial charge in [-0.15, -0.1) is 0 Å². The van der Waals surface area contributed by atoms with Gasteiger partial charge in [0.15, 0.2) is 0 Å². The fraction of sp³-hybridized carbons (Fsp3) is 0.158. The summed E-state index contributed by atoms with van der Waals surface area (Å²) in [6, 6.07) is 12.9. The number of nitriles is 1. The minimum Gasteiger partial charge on any atom is -0.497 e. The first-order chi connectivity index (χ1) is 12.5. The van der Waals surface area contributed by atoms with Gasteiger partial charge in [-0.2, -0.15) is 5.26 Å². The summed E-state index contributed by atoms with van der Waals surface area (Å²) in [6.07, 6.45) is 3.08. The highest BCUT2D eigenvalue weighted by Gasteiger charge is 2.21. The van der Waals surface area contributed by atoms with Gasteiger partial charge in [-0.3, -0.25) is 0 Å². The van der Waals surface area contributed by atoms with Crippen molar-refractivity contribution in [2.75, 3.05) is 7.11 Å². The number of aldehydes is 1. The van der Waals surface area contributed by atoms with Gasteiger partial charge in [0, 0.05) is 18.0 Å². The predicted octanol–water partition coefficient (Wildman–Crippen LogP) is 2.89. The van der Waals surface area contributed by atoms with Crippen LogP contribution >= 0.6 is 0 Å². The number of carbonyl (C=O) groups is 1. The third-order valence-corrected chi connectivity index (χ3v) is 5.82. The van der Waals surface area contributed by atoms with E-state index in [1.54, 1.807) is 24.4 Å². The number of fused-ring (bicyclic) bond motifs is 1. The molecule has 0 unspecified atom stereocenters. The molecule has 0 N–H and O–H groups in total. The molecule has 0 radical (unpaired) electrons. The zero-order valence-electron chi connectivity index (χ0n) is 14.0. The highest BCUT2D eigenvalue weighted by atomic mass is 32.2. The van der Waals surface area contributed by atoms with Crippen LogP contribution in [0.25, 0.3) is 10.9 Å². The van der Waals surface area contributed by atoms with Crippen molar-refractivity contribution in [3.63, 3.8) is 0 Å². The molecule has 0 spiro atoms. The standard InChI is InChI=1S/C19H16N2O4S/c1-25-16-6-9-19-18(11-16)15(3-2-10-22)13-21(19)26(23,24)17-7-4-14(12-20)5-8-17/h4-11,13H,2-3H2,1H3. The van der Waals surface area contributed by atoms with Crippen molar-refractivity contribution in [2.24, 2.45) is 0 Å². The van der Waals surface area contributed by atoms with E-state index in [9.17, 15) is 13.2 Å². The minimum atomic E-state index is -3.84. The number of aryl methyl sites for hydroxylation is 1. The lowest BCUT2D eigenvalue weighted by Crippen LogP contribution is -2.11. The number of hydrogen-bond acceptors (Lipinski definition) is 5. The number of benzene rings is 2. The summed E-state index contributed by atoms with van der Waals surface area (Å²) in [7, 11) is -2.30. The molecule has 0 amide bonds. The molecule has 1 heterocycles. The van der Waals surface area contributed by atoms with Gasteiger partial charge < -0.3 is 9.53 Å². The first-order valence-electron chi connectivity index (χ1n) is 7.88. The van der Waals surface area contributed by atoms with E-state index in [1.165, 1.54) is 35.3 Å². The van der Waals surface area contributed by atoms with E-state index < -0.39 is 10.0 Å². The van der Waals surface area contributed by atoms with Crippen molar-refractivity contribution in [1.29, 1.82) is 5.26 Å². The van der Waals surface area contributed by atoms with Crippen molar-refractivity contribution in [2.45, 2.75) is 17.7 Å². The molecule has 26 heavy (non-hydrogen) atoms. The third-order valence-electron chi connectivity index (χ3n) is 4.13. The SMILES string of the molecule is COc1ccc2c(c1)c(CCC=O)cn2S(=O)(=O)c1ccc(C#N)cc1. The van der Waals surface area contributed by atoms with Crippen LogP contribution in [-0.4, -0.2) is 25.8 Å². The van der Waals surface area contributed by atoms with Crippen LogP contribution in [0.4, 0.5) is 0 Å². The van der Waals surface area contributed by atoms with Crippen molar-refractivity contribution in [3.8, 4) is 11.8 Å². The molecule has 0 aliphatic rings. The Hall–Kier alpha value is -3.11. The Morgan fingerprint density at radius 3 is 2.54 bits per heavy atom. The summed E-state index contributed by atoms with van der Waals surface area (Å²) >= 11 is 0. The van der Waals surface area contributed by atoms with Gasteiger partial charge in [0.05, 0.1) is 29.2 Å². The zero-order chi connectivity index (χ0) is 18.7. The molecule has 1 aromatic heterocycles. The number of aromatic nitrogens is 1. The van der Waals surface area contributed by atoms with Gasteiger partial charge in [-0.05, 0) is 54.4 Å². The summed E-state index contributed by atoms with van der Waals surface area (Å²) in [6.45, 7) is 0. The molecule has 0 aliphatic heterocycles. The molecule has 0 aliphatic carbocycles. The highest BCUT2D eigenvalue weighted by Crippen LogP contribution is 2.30. The summed E-state index contributed by atoms with van der Waals surface area (Å²) < 4.78 is 32.6.